The second-order valence-corrected chi connectivity index (χ2v) is 8.76. The molecule has 3 nitrogen and oxygen atoms in total. The van der Waals surface area contributed by atoms with Gasteiger partial charge >= 0.3 is 0 Å². The first kappa shape index (κ1) is 24.0. The highest BCUT2D eigenvalue weighted by atomic mass is 16.5. The van der Waals surface area contributed by atoms with E-state index < -0.39 is 0 Å². The van der Waals surface area contributed by atoms with E-state index in [1.54, 1.807) is 7.11 Å². The van der Waals surface area contributed by atoms with Gasteiger partial charge in [-0.25, -0.2) is 0 Å². The summed E-state index contributed by atoms with van der Waals surface area (Å²) in [6.45, 7) is 7.92. The summed E-state index contributed by atoms with van der Waals surface area (Å²) in [5.74, 6) is 0.733. The maximum Gasteiger partial charge on any atom is 0.0701 e. The topological polar surface area (TPSA) is 27.7 Å². The number of rotatable bonds is 15. The Morgan fingerprint density at radius 1 is 0.774 bits per heavy atom. The van der Waals surface area contributed by atoms with Gasteiger partial charge in [-0.05, 0) is 41.0 Å². The van der Waals surface area contributed by atoms with E-state index >= 15 is 0 Å². The van der Waals surface area contributed by atoms with Gasteiger partial charge in [0.15, 0.2) is 0 Å². The molecule has 2 aromatic carbocycles. The molecule has 31 heavy (non-hydrogen) atoms. The Hall–Kier alpha value is -1.68. The van der Waals surface area contributed by atoms with Gasteiger partial charge in [0.05, 0.1) is 26.4 Å². The van der Waals surface area contributed by atoms with Gasteiger partial charge in [0.25, 0.3) is 0 Å². The van der Waals surface area contributed by atoms with Crippen LogP contribution in [0.2, 0.25) is 0 Å². The van der Waals surface area contributed by atoms with Crippen LogP contribution < -0.4 is 0 Å². The predicted molar refractivity (Wildman–Crippen MR) is 129 cm³/mol. The minimum absolute atomic E-state index is 0.0402. The number of hydrogen-bond acceptors (Lipinski definition) is 3. The van der Waals surface area contributed by atoms with E-state index in [1.165, 1.54) is 54.4 Å². The van der Waals surface area contributed by atoms with Gasteiger partial charge in [-0.2, -0.15) is 0 Å². The van der Waals surface area contributed by atoms with Crippen LogP contribution in [0.1, 0.15) is 63.5 Å². The highest BCUT2D eigenvalue weighted by molar-refractivity contribution is 5.81. The van der Waals surface area contributed by atoms with Gasteiger partial charge in [-0.15, -0.1) is 0 Å². The van der Waals surface area contributed by atoms with Crippen molar-refractivity contribution in [3.8, 4) is 11.1 Å². The van der Waals surface area contributed by atoms with E-state index in [0.717, 1.165) is 18.9 Å². The summed E-state index contributed by atoms with van der Waals surface area (Å²) in [5.41, 5.74) is 5.84. The minimum Gasteiger partial charge on any atom is -0.382 e. The van der Waals surface area contributed by atoms with Crippen LogP contribution in [0.3, 0.4) is 0 Å². The van der Waals surface area contributed by atoms with Crippen molar-refractivity contribution in [3.63, 3.8) is 0 Å². The lowest BCUT2D eigenvalue weighted by molar-refractivity contribution is 0.0209. The number of benzene rings is 2. The van der Waals surface area contributed by atoms with Crippen LogP contribution in [0, 0.1) is 5.92 Å². The van der Waals surface area contributed by atoms with Gasteiger partial charge in [0, 0.05) is 19.1 Å². The van der Waals surface area contributed by atoms with Crippen molar-refractivity contribution < 1.29 is 14.2 Å². The molecule has 3 heteroatoms. The maximum absolute atomic E-state index is 6.06. The Morgan fingerprint density at radius 2 is 1.35 bits per heavy atom. The van der Waals surface area contributed by atoms with E-state index in [2.05, 4.69) is 62.4 Å². The van der Waals surface area contributed by atoms with E-state index in [9.17, 15) is 0 Å². The van der Waals surface area contributed by atoms with Crippen LogP contribution in [0.4, 0.5) is 0 Å². The first-order valence-electron chi connectivity index (χ1n) is 12.1. The third-order valence-corrected chi connectivity index (χ3v) is 6.83. The van der Waals surface area contributed by atoms with Gasteiger partial charge < -0.3 is 14.2 Å². The second-order valence-electron chi connectivity index (χ2n) is 8.76. The second kappa shape index (κ2) is 12.4. The molecule has 0 aromatic heterocycles. The molecule has 0 saturated carbocycles. The van der Waals surface area contributed by atoms with Crippen molar-refractivity contribution in [3.05, 3.63) is 59.7 Å². The van der Waals surface area contributed by atoms with Gasteiger partial charge in [-0.3, -0.25) is 0 Å². The van der Waals surface area contributed by atoms with Crippen molar-refractivity contribution in [1.82, 2.24) is 0 Å². The maximum atomic E-state index is 6.06. The minimum atomic E-state index is 0.0402. The van der Waals surface area contributed by atoms with Crippen LogP contribution in [0.5, 0.6) is 0 Å². The molecule has 0 saturated heterocycles. The first-order valence-corrected chi connectivity index (χ1v) is 12.1. The number of hydrogen-bond donors (Lipinski definition) is 0. The molecular formula is C28H40O3. The summed E-state index contributed by atoms with van der Waals surface area (Å²) < 4.78 is 16.6. The smallest absolute Gasteiger partial charge is 0.0701 e. The lowest BCUT2D eigenvalue weighted by atomic mass is 9.68. The molecule has 2 aromatic rings. The molecule has 1 atom stereocenters. The molecule has 1 aliphatic rings. The molecule has 0 radical (unpaired) electrons. The molecule has 170 valence electrons. The fourth-order valence-electron chi connectivity index (χ4n) is 5.15. The van der Waals surface area contributed by atoms with Crippen LogP contribution in [-0.4, -0.2) is 40.1 Å². The molecule has 0 aliphatic heterocycles. The molecule has 0 fully saturated rings. The van der Waals surface area contributed by atoms with Gasteiger partial charge in [-0.1, -0.05) is 88.1 Å². The van der Waals surface area contributed by atoms with E-state index in [4.69, 9.17) is 14.2 Å². The highest BCUT2D eigenvalue weighted by Gasteiger charge is 2.43. The average Bonchev–Trinajstić information content (AvgIpc) is 3.08. The molecule has 0 spiro atoms. The third kappa shape index (κ3) is 5.77. The summed E-state index contributed by atoms with van der Waals surface area (Å²) >= 11 is 0. The Kier molecular flexibility index (Phi) is 9.57. The fraction of sp³-hybridized carbons (Fsp3) is 0.571. The van der Waals surface area contributed by atoms with E-state index in [-0.39, 0.29) is 5.41 Å². The van der Waals surface area contributed by atoms with Gasteiger partial charge in [0.1, 0.15) is 0 Å². The highest BCUT2D eigenvalue weighted by Crippen LogP contribution is 2.54. The number of fused-ring (bicyclic) bond motifs is 3. The summed E-state index contributed by atoms with van der Waals surface area (Å²) in [5, 5.41) is 0. The quantitative estimate of drug-likeness (QED) is 0.300. The molecule has 3 rings (SSSR count). The molecule has 0 amide bonds. The van der Waals surface area contributed by atoms with Crippen LogP contribution in [0.15, 0.2) is 48.5 Å². The van der Waals surface area contributed by atoms with Crippen molar-refractivity contribution in [2.45, 2.75) is 57.8 Å². The van der Waals surface area contributed by atoms with Gasteiger partial charge in [0.2, 0.25) is 0 Å². The zero-order valence-electron chi connectivity index (χ0n) is 19.7. The predicted octanol–water partition coefficient (Wildman–Crippen LogP) is 6.63. The van der Waals surface area contributed by atoms with Crippen molar-refractivity contribution >= 4 is 0 Å². The number of methoxy groups -OCH3 is 1. The van der Waals surface area contributed by atoms with Crippen molar-refractivity contribution in [2.75, 3.05) is 40.1 Å². The monoisotopic (exact) mass is 424 g/mol. The SMILES string of the molecule is CCCCC(CC)CC1(CCOCCOCCOC)c2ccccc2-c2ccccc21. The molecular weight excluding hydrogens is 384 g/mol. The normalized spacial score (nSPS) is 14.9. The van der Waals surface area contributed by atoms with Crippen molar-refractivity contribution in [1.29, 1.82) is 0 Å². The fourth-order valence-corrected chi connectivity index (χ4v) is 5.15. The molecule has 1 aliphatic carbocycles. The summed E-state index contributed by atoms with van der Waals surface area (Å²) in [4.78, 5) is 0. The Balaban J connectivity index is 1.79. The largest absolute Gasteiger partial charge is 0.382 e. The summed E-state index contributed by atoms with van der Waals surface area (Å²) in [6, 6.07) is 18.1. The molecule has 0 heterocycles. The molecule has 0 bridgehead atoms. The molecule has 1 unspecified atom stereocenters. The summed E-state index contributed by atoms with van der Waals surface area (Å²) in [6.07, 6.45) is 7.34. The Morgan fingerprint density at radius 3 is 1.94 bits per heavy atom. The van der Waals surface area contributed by atoms with Crippen LogP contribution in [0.25, 0.3) is 11.1 Å². The van der Waals surface area contributed by atoms with E-state index in [0.29, 0.717) is 26.4 Å². The van der Waals surface area contributed by atoms with Crippen molar-refractivity contribution in [2.24, 2.45) is 5.92 Å². The lowest BCUT2D eigenvalue weighted by Gasteiger charge is -2.36. The summed E-state index contributed by atoms with van der Waals surface area (Å²) in [7, 11) is 1.70. The van der Waals surface area contributed by atoms with Crippen LogP contribution >= 0.6 is 0 Å². The van der Waals surface area contributed by atoms with E-state index in [1.807, 2.05) is 0 Å². The Bertz CT molecular complexity index is 740. The standard InChI is InChI=1S/C28H40O3/c1-4-6-11-23(5-2)22-28(16-17-30-20-21-31-19-18-29-3)26-14-9-7-12-24(26)25-13-8-10-15-27(25)28/h7-10,12-15,23H,4-6,11,16-22H2,1-3H3. The zero-order chi connectivity index (χ0) is 21.9. The number of unbranched alkanes of at least 4 members (excludes halogenated alkanes) is 1. The zero-order valence-corrected chi connectivity index (χ0v) is 19.7. The lowest BCUT2D eigenvalue weighted by Crippen LogP contribution is -2.30. The first-order chi connectivity index (χ1) is 15.3. The Labute approximate surface area is 189 Å². The third-order valence-electron chi connectivity index (χ3n) is 6.83. The van der Waals surface area contributed by atoms with Crippen LogP contribution in [-0.2, 0) is 19.6 Å². The number of ether oxygens (including phenoxy) is 3. The average molecular weight is 425 g/mol. The molecule has 0 N–H and O–H groups in total.